The van der Waals surface area contributed by atoms with Crippen LogP contribution in [0.3, 0.4) is 0 Å². The molecule has 0 spiro atoms. The van der Waals surface area contributed by atoms with E-state index in [1.807, 2.05) is 24.3 Å². The Kier molecular flexibility index (Phi) is 11.4. The number of halogens is 8. The normalized spacial score (nSPS) is 16.9. The van der Waals surface area contributed by atoms with Crippen molar-refractivity contribution in [1.29, 1.82) is 0 Å². The van der Waals surface area contributed by atoms with Crippen molar-refractivity contribution in [2.24, 2.45) is 0 Å². The fourth-order valence-electron chi connectivity index (χ4n) is 7.35. The highest BCUT2D eigenvalue weighted by Gasteiger charge is 2.32. The molecule has 6 aromatic rings. The zero-order chi connectivity index (χ0) is 42.3. The lowest BCUT2D eigenvalue weighted by Gasteiger charge is -2.14. The van der Waals surface area contributed by atoms with Crippen LogP contribution in [-0.2, 0) is 9.59 Å². The number of carbonyl (C=O) groups excluding carboxylic acids is 2. The number of phenols is 2. The number of rotatable bonds is 2. The molecule has 8 nitrogen and oxygen atoms in total. The van der Waals surface area contributed by atoms with Crippen molar-refractivity contribution >= 4 is 161 Å². The van der Waals surface area contributed by atoms with Gasteiger partial charge in [-0.15, -0.1) is 0 Å². The van der Waals surface area contributed by atoms with Gasteiger partial charge in [-0.3, -0.25) is 9.59 Å². The third-order valence-electron chi connectivity index (χ3n) is 10.1. The molecule has 0 fully saturated rings. The van der Waals surface area contributed by atoms with Crippen LogP contribution < -0.4 is 10.7 Å². The van der Waals surface area contributed by atoms with Crippen LogP contribution in [0.1, 0.15) is 45.3 Å². The van der Waals surface area contributed by atoms with Gasteiger partial charge in [-0.2, -0.15) is 0 Å². The van der Waals surface area contributed by atoms with Gasteiger partial charge in [0.2, 0.25) is 0 Å². The number of ketones is 2. The number of aromatic nitrogens is 4. The van der Waals surface area contributed by atoms with E-state index in [1.54, 1.807) is 48.6 Å². The number of hydrogen-bond acceptors (Lipinski definition) is 4. The maximum Gasteiger partial charge on any atom is 0.178 e. The summed E-state index contributed by atoms with van der Waals surface area (Å²) in [6.45, 7) is 0. The fourth-order valence-corrected chi connectivity index (χ4v) is 11.3. The van der Waals surface area contributed by atoms with E-state index in [9.17, 15) is 19.8 Å². The topological polar surface area (TPSA) is 138 Å². The molecule has 0 atom stereocenters. The predicted octanol–water partition coefficient (Wildman–Crippen LogP) is 12.3. The Balaban J connectivity index is 1.54. The van der Waals surface area contributed by atoms with Crippen molar-refractivity contribution in [3.8, 4) is 11.5 Å². The Bertz CT molecular complexity index is 2980. The van der Waals surface area contributed by atoms with Crippen molar-refractivity contribution in [3.05, 3.63) is 200 Å². The molecule has 0 amide bonds. The van der Waals surface area contributed by atoms with Crippen molar-refractivity contribution in [3.63, 3.8) is 0 Å². The molecule has 1 aliphatic heterocycles. The van der Waals surface area contributed by atoms with E-state index in [0.717, 1.165) is 44.6 Å². The van der Waals surface area contributed by atoms with Crippen molar-refractivity contribution in [2.45, 2.75) is 0 Å². The maximum atomic E-state index is 12.5. The van der Waals surface area contributed by atoms with Gasteiger partial charge in [0.05, 0.1) is 80.6 Å². The number of allylic oxidation sites excluding steroid dienone is 10. The summed E-state index contributed by atoms with van der Waals surface area (Å²) in [6, 6.07) is 13.9. The van der Waals surface area contributed by atoms with Crippen LogP contribution in [0.2, 0.25) is 0 Å². The van der Waals surface area contributed by atoms with Gasteiger partial charge >= 0.3 is 0 Å². The van der Waals surface area contributed by atoms with Gasteiger partial charge in [0.15, 0.2) is 11.6 Å². The molecule has 9 rings (SSSR count). The molecule has 0 saturated carbocycles. The predicted molar refractivity (Wildman–Crippen MR) is 262 cm³/mol. The number of hydrogen-bond donors (Lipinski definition) is 6. The summed E-state index contributed by atoms with van der Waals surface area (Å²) >= 11 is 31.5. The Morgan fingerprint density at radius 1 is 0.333 bits per heavy atom. The van der Waals surface area contributed by atoms with Crippen LogP contribution in [0.5, 0.6) is 11.5 Å². The third-order valence-corrected chi connectivity index (χ3v) is 18.6. The monoisotopic (exact) mass is 1300 g/mol. The zero-order valence-corrected chi connectivity index (χ0v) is 42.7. The van der Waals surface area contributed by atoms with Crippen LogP contribution >= 0.6 is 127 Å². The number of aromatic hydroxyl groups is 2. The zero-order valence-electron chi connectivity index (χ0n) is 30.0. The van der Waals surface area contributed by atoms with E-state index in [0.29, 0.717) is 80.6 Å². The minimum absolute atomic E-state index is 0.115. The maximum absolute atomic E-state index is 12.5. The molecule has 2 aliphatic carbocycles. The summed E-state index contributed by atoms with van der Waals surface area (Å²) in [4.78, 5) is 40.0. The minimum atomic E-state index is -0.132. The van der Waals surface area contributed by atoms with Crippen LogP contribution in [-0.4, -0.2) is 41.7 Å². The van der Waals surface area contributed by atoms with E-state index < -0.39 is 0 Å². The molecule has 6 N–H and O–H groups in total. The lowest BCUT2D eigenvalue weighted by atomic mass is 9.98. The van der Waals surface area contributed by atoms with E-state index >= 15 is 0 Å². The Hall–Kier alpha value is -3.48. The van der Waals surface area contributed by atoms with E-state index in [2.05, 4.69) is 147 Å². The van der Waals surface area contributed by atoms with E-state index in [4.69, 9.17) is 0 Å². The standard InChI is InChI=1S/C44H22Br8N4O4/c45-29-31(47)39-26(18-3-11-22(58)12-4-18)41-33(49)35(51)43(55-41)28(20-7-15-24(60)16-8-20)44-36(52)34(50)42(56-44)27(19-5-13-23(59)14-6-19)40-32(48)30(46)38(54-40)25(37(29)53-39)17-1-9-21(57)10-2-17/h1-16,53-58H/b37-25-,39-26-. The average Bonchev–Trinajstić information content (AvgIpc) is 3.89. The molecule has 0 unspecified atom stereocenters. The van der Waals surface area contributed by atoms with Gasteiger partial charge < -0.3 is 30.1 Å². The van der Waals surface area contributed by atoms with Gasteiger partial charge in [0, 0.05) is 22.3 Å². The summed E-state index contributed by atoms with van der Waals surface area (Å²) in [5.74, 6) is -0.0350. The summed E-state index contributed by atoms with van der Waals surface area (Å²) in [5.41, 5.74) is 10.1. The highest BCUT2D eigenvalue weighted by Crippen LogP contribution is 2.49. The second kappa shape index (κ2) is 16.3. The molecule has 0 saturated heterocycles. The van der Waals surface area contributed by atoms with Crippen molar-refractivity contribution in [1.82, 2.24) is 19.9 Å². The largest absolute Gasteiger partial charge is 0.508 e. The molecule has 4 aromatic heterocycles. The fraction of sp³-hybridized carbons (Fsp3) is 0. The molecule has 2 aromatic carbocycles. The summed E-state index contributed by atoms with van der Waals surface area (Å²) in [7, 11) is 0. The molecular weight excluding hydrogens is 1290 g/mol. The lowest BCUT2D eigenvalue weighted by Crippen LogP contribution is -2.19. The minimum Gasteiger partial charge on any atom is -0.508 e. The number of benzene rings is 2. The van der Waals surface area contributed by atoms with Crippen molar-refractivity contribution in [2.75, 3.05) is 0 Å². The molecule has 298 valence electrons. The molecule has 60 heavy (non-hydrogen) atoms. The van der Waals surface area contributed by atoms with E-state index in [1.165, 1.54) is 24.3 Å². The van der Waals surface area contributed by atoms with Crippen LogP contribution in [0.4, 0.5) is 0 Å². The molecule has 3 aliphatic rings. The molecular formula is C44H22Br8N4O4. The summed E-state index contributed by atoms with van der Waals surface area (Å²) < 4.78 is 5.63. The number of H-pyrrole nitrogens is 4. The first-order chi connectivity index (χ1) is 28.7. The first-order valence-electron chi connectivity index (χ1n) is 17.7. The first kappa shape index (κ1) is 41.9. The van der Waals surface area contributed by atoms with Crippen LogP contribution in [0, 0.1) is 0 Å². The van der Waals surface area contributed by atoms with Crippen LogP contribution in [0.25, 0.3) is 22.3 Å². The van der Waals surface area contributed by atoms with Gasteiger partial charge in [-0.25, -0.2) is 0 Å². The average molecular weight is 1310 g/mol. The number of fused-ring (bicyclic) bond motifs is 8. The van der Waals surface area contributed by atoms with Gasteiger partial charge in [-0.1, -0.05) is 48.6 Å². The molecule has 16 heteroatoms. The Morgan fingerprint density at radius 2 is 0.600 bits per heavy atom. The first-order valence-corrected chi connectivity index (χ1v) is 24.0. The highest BCUT2D eigenvalue weighted by molar-refractivity contribution is 9.14. The van der Waals surface area contributed by atoms with E-state index in [-0.39, 0.29) is 23.1 Å². The number of aromatic amines is 4. The number of phenolic OH excluding ortho intramolecular Hbond substituents is 2. The Morgan fingerprint density at radius 3 is 0.883 bits per heavy atom. The van der Waals surface area contributed by atoms with Crippen LogP contribution in [0.15, 0.2) is 144 Å². The quantitative estimate of drug-likeness (QED) is 0.103. The number of carbonyl (C=O) groups is 2. The lowest BCUT2D eigenvalue weighted by molar-refractivity contribution is -0.111. The second-order valence-corrected chi connectivity index (χ2v) is 20.0. The second-order valence-electron chi connectivity index (χ2n) is 13.7. The van der Waals surface area contributed by atoms with Gasteiger partial charge in [0.25, 0.3) is 0 Å². The summed E-state index contributed by atoms with van der Waals surface area (Å²) in [5, 5.41) is 22.2. The van der Waals surface area contributed by atoms with Gasteiger partial charge in [0.1, 0.15) is 11.5 Å². The highest BCUT2D eigenvalue weighted by atomic mass is 79.9. The molecule has 5 heterocycles. The molecule has 8 bridgehead atoms. The third kappa shape index (κ3) is 7.08. The smallest absolute Gasteiger partial charge is 0.178 e. The molecule has 0 radical (unpaired) electrons. The van der Waals surface area contributed by atoms with Crippen molar-refractivity contribution < 1.29 is 19.8 Å². The summed E-state index contributed by atoms with van der Waals surface area (Å²) in [6.07, 6.45) is 13.3. The number of nitrogens with one attached hydrogen (secondary N) is 4. The Labute approximate surface area is 408 Å². The SMILES string of the molecule is O=C1C=CC(=C2c3[nH]c(c(Br)c3Br)C(=C3C=CC(=O)C=C3)c3[nH]c(c(Br)c3Br)/C(c3ccc(O)cc3)=c3\[nH]/c(c(Br)c3Br)=C(/c3ccc(O)cc3)c3[nH]c2c(Br)c3Br)C=C1. The van der Waals surface area contributed by atoms with Gasteiger partial charge in [-0.05, 0) is 198 Å².